The molecule has 1 aromatic rings. The second-order valence-corrected chi connectivity index (χ2v) is 6.36. The van der Waals surface area contributed by atoms with Crippen LogP contribution in [0.25, 0.3) is 0 Å². The van der Waals surface area contributed by atoms with Crippen LogP contribution in [-0.2, 0) is 17.8 Å². The van der Waals surface area contributed by atoms with E-state index in [1.54, 1.807) is 7.11 Å². The topological polar surface area (TPSA) is 39.1 Å². The Morgan fingerprint density at radius 2 is 1.94 bits per heavy atom. The molecule has 0 saturated heterocycles. The molecule has 0 aliphatic heterocycles. The van der Waals surface area contributed by atoms with Gasteiger partial charge in [-0.15, -0.1) is 0 Å². The molecule has 0 fully saturated rings. The molecule has 0 amide bonds. The van der Waals surface area contributed by atoms with Crippen molar-refractivity contribution in [1.82, 2.24) is 15.1 Å². The Balaban J connectivity index is 2.55. The van der Waals surface area contributed by atoms with E-state index >= 15 is 0 Å². The highest BCUT2D eigenvalue weighted by atomic mass is 16.5. The smallest absolute Gasteiger partial charge is 0.0640 e. The van der Waals surface area contributed by atoms with Crippen LogP contribution in [-0.4, -0.2) is 28.0 Å². The lowest BCUT2D eigenvalue weighted by molar-refractivity contribution is 0.0111. The van der Waals surface area contributed by atoms with Crippen LogP contribution in [0.1, 0.15) is 46.7 Å². The van der Waals surface area contributed by atoms with Crippen molar-refractivity contribution in [3.63, 3.8) is 0 Å². The maximum Gasteiger partial charge on any atom is 0.0640 e. The summed E-state index contributed by atoms with van der Waals surface area (Å²) in [6, 6.07) is 2.07. The molecule has 0 saturated carbocycles. The van der Waals surface area contributed by atoms with Crippen molar-refractivity contribution < 1.29 is 4.74 Å². The first-order valence-corrected chi connectivity index (χ1v) is 6.54. The summed E-state index contributed by atoms with van der Waals surface area (Å²) in [5, 5.41) is 7.86. The summed E-state index contributed by atoms with van der Waals surface area (Å²) >= 11 is 0. The van der Waals surface area contributed by atoms with Gasteiger partial charge in [-0.1, -0.05) is 0 Å². The third kappa shape index (κ3) is 5.19. The summed E-state index contributed by atoms with van der Waals surface area (Å²) in [7, 11) is 1.76. The predicted molar refractivity (Wildman–Crippen MR) is 74.5 cm³/mol. The fraction of sp³-hybridized carbons (Fsp3) is 0.786. The minimum atomic E-state index is -0.0966. The van der Waals surface area contributed by atoms with E-state index in [1.807, 2.05) is 6.20 Å². The standard InChI is InChI=1S/C14H27N3O/c1-13(2,3)15-11-12-7-9-16-17(12)10-8-14(4,5)18-6/h7,9,15H,8,10-11H2,1-6H3. The number of nitrogens with one attached hydrogen (secondary N) is 1. The Morgan fingerprint density at radius 3 is 2.50 bits per heavy atom. The first-order chi connectivity index (χ1) is 8.23. The van der Waals surface area contributed by atoms with Gasteiger partial charge >= 0.3 is 0 Å². The maximum absolute atomic E-state index is 5.43. The van der Waals surface area contributed by atoms with Gasteiger partial charge in [-0.05, 0) is 47.1 Å². The molecular formula is C14H27N3O. The lowest BCUT2D eigenvalue weighted by Crippen LogP contribution is -2.36. The van der Waals surface area contributed by atoms with Crippen LogP contribution in [0.15, 0.2) is 12.3 Å². The van der Waals surface area contributed by atoms with Crippen molar-refractivity contribution in [1.29, 1.82) is 0 Å². The molecule has 18 heavy (non-hydrogen) atoms. The third-order valence-electron chi connectivity index (χ3n) is 3.08. The molecule has 0 aliphatic carbocycles. The molecule has 0 spiro atoms. The van der Waals surface area contributed by atoms with Crippen LogP contribution in [0, 0.1) is 0 Å². The first-order valence-electron chi connectivity index (χ1n) is 6.54. The molecule has 0 atom stereocenters. The van der Waals surface area contributed by atoms with E-state index < -0.39 is 0 Å². The number of nitrogens with zero attached hydrogens (tertiary/aromatic N) is 2. The number of aromatic nitrogens is 2. The fourth-order valence-corrected chi connectivity index (χ4v) is 1.54. The van der Waals surface area contributed by atoms with Gasteiger partial charge in [0.05, 0.1) is 11.3 Å². The Morgan fingerprint density at radius 1 is 1.28 bits per heavy atom. The molecule has 0 aliphatic rings. The summed E-state index contributed by atoms with van der Waals surface area (Å²) in [5.74, 6) is 0. The molecule has 0 aromatic carbocycles. The van der Waals surface area contributed by atoms with Crippen LogP contribution < -0.4 is 5.32 Å². The van der Waals surface area contributed by atoms with Gasteiger partial charge in [-0.3, -0.25) is 4.68 Å². The molecular weight excluding hydrogens is 226 g/mol. The normalized spacial score (nSPS) is 13.0. The van der Waals surface area contributed by atoms with Gasteiger partial charge in [0.2, 0.25) is 0 Å². The molecule has 1 rings (SSSR count). The number of rotatable bonds is 6. The maximum atomic E-state index is 5.43. The molecule has 1 N–H and O–H groups in total. The van der Waals surface area contributed by atoms with Gasteiger partial charge in [0.25, 0.3) is 0 Å². The molecule has 1 heterocycles. The summed E-state index contributed by atoms with van der Waals surface area (Å²) in [6.07, 6.45) is 2.81. The quantitative estimate of drug-likeness (QED) is 0.847. The Kier molecular flexibility index (Phi) is 4.93. The third-order valence-corrected chi connectivity index (χ3v) is 3.08. The second-order valence-electron chi connectivity index (χ2n) is 6.36. The van der Waals surface area contributed by atoms with E-state index in [0.29, 0.717) is 0 Å². The van der Waals surface area contributed by atoms with Gasteiger partial charge in [0, 0.05) is 31.9 Å². The molecule has 0 unspecified atom stereocenters. The van der Waals surface area contributed by atoms with E-state index in [2.05, 4.69) is 55.8 Å². The van der Waals surface area contributed by atoms with Crippen molar-refractivity contribution in [3.05, 3.63) is 18.0 Å². The largest absolute Gasteiger partial charge is 0.379 e. The zero-order valence-corrected chi connectivity index (χ0v) is 12.6. The van der Waals surface area contributed by atoms with Crippen LogP contribution in [0.3, 0.4) is 0 Å². The van der Waals surface area contributed by atoms with Gasteiger partial charge in [-0.2, -0.15) is 5.10 Å². The van der Waals surface area contributed by atoms with Gasteiger partial charge in [0.15, 0.2) is 0 Å². The average molecular weight is 253 g/mol. The minimum Gasteiger partial charge on any atom is -0.379 e. The molecule has 4 nitrogen and oxygen atoms in total. The summed E-state index contributed by atoms with van der Waals surface area (Å²) in [5.41, 5.74) is 1.25. The van der Waals surface area contributed by atoms with Crippen molar-refractivity contribution in [2.24, 2.45) is 0 Å². The van der Waals surface area contributed by atoms with Crippen molar-refractivity contribution in [3.8, 4) is 0 Å². The van der Waals surface area contributed by atoms with Gasteiger partial charge < -0.3 is 10.1 Å². The number of ether oxygens (including phenoxy) is 1. The van der Waals surface area contributed by atoms with Gasteiger partial charge in [-0.25, -0.2) is 0 Å². The fourth-order valence-electron chi connectivity index (χ4n) is 1.54. The lowest BCUT2D eigenvalue weighted by atomic mass is 10.1. The molecule has 0 radical (unpaired) electrons. The van der Waals surface area contributed by atoms with E-state index in [4.69, 9.17) is 4.74 Å². The Labute approximate surface area is 111 Å². The van der Waals surface area contributed by atoms with E-state index in [1.165, 1.54) is 5.69 Å². The average Bonchev–Trinajstić information content (AvgIpc) is 2.70. The summed E-state index contributed by atoms with van der Waals surface area (Å²) in [6.45, 7) is 12.4. The summed E-state index contributed by atoms with van der Waals surface area (Å²) in [4.78, 5) is 0. The predicted octanol–water partition coefficient (Wildman–Crippen LogP) is 2.59. The number of methoxy groups -OCH3 is 1. The number of aryl methyl sites for hydroxylation is 1. The first kappa shape index (κ1) is 15.2. The number of hydrogen-bond acceptors (Lipinski definition) is 3. The van der Waals surface area contributed by atoms with Crippen molar-refractivity contribution in [2.45, 2.75) is 65.3 Å². The van der Waals surface area contributed by atoms with Crippen LogP contribution in [0.4, 0.5) is 0 Å². The van der Waals surface area contributed by atoms with E-state index in [0.717, 1.165) is 19.5 Å². The molecule has 1 aromatic heterocycles. The van der Waals surface area contributed by atoms with Crippen LogP contribution in [0.2, 0.25) is 0 Å². The Hall–Kier alpha value is -0.870. The monoisotopic (exact) mass is 253 g/mol. The highest BCUT2D eigenvalue weighted by molar-refractivity contribution is 5.01. The van der Waals surface area contributed by atoms with E-state index in [-0.39, 0.29) is 11.1 Å². The summed E-state index contributed by atoms with van der Waals surface area (Å²) < 4.78 is 7.49. The molecule has 0 bridgehead atoms. The minimum absolute atomic E-state index is 0.0966. The molecule has 104 valence electrons. The molecule has 4 heteroatoms. The highest BCUT2D eigenvalue weighted by Crippen LogP contribution is 2.15. The zero-order valence-electron chi connectivity index (χ0n) is 12.6. The van der Waals surface area contributed by atoms with Crippen molar-refractivity contribution in [2.75, 3.05) is 7.11 Å². The SMILES string of the molecule is COC(C)(C)CCn1nccc1CNC(C)(C)C. The van der Waals surface area contributed by atoms with Gasteiger partial charge in [0.1, 0.15) is 0 Å². The Bertz CT molecular complexity index is 363. The van der Waals surface area contributed by atoms with E-state index in [9.17, 15) is 0 Å². The van der Waals surface area contributed by atoms with Crippen molar-refractivity contribution >= 4 is 0 Å². The number of hydrogen-bond donors (Lipinski definition) is 1. The second kappa shape index (κ2) is 5.85. The highest BCUT2D eigenvalue weighted by Gasteiger charge is 2.17. The zero-order chi connectivity index (χ0) is 13.8. The van der Waals surface area contributed by atoms with Crippen LogP contribution >= 0.6 is 0 Å². The van der Waals surface area contributed by atoms with Crippen LogP contribution in [0.5, 0.6) is 0 Å². The lowest BCUT2D eigenvalue weighted by Gasteiger charge is -2.24.